The van der Waals surface area contributed by atoms with E-state index >= 15 is 0 Å². The maximum atomic E-state index is 4.51. The molecule has 0 unspecified atom stereocenters. The average Bonchev–Trinajstić information content (AvgIpc) is 2.53. The van der Waals surface area contributed by atoms with E-state index in [1.54, 1.807) is 11.8 Å². The van der Waals surface area contributed by atoms with E-state index < -0.39 is 0 Å². The van der Waals surface area contributed by atoms with Crippen LogP contribution in [0, 0.1) is 6.92 Å². The Kier molecular flexibility index (Phi) is 2.36. The van der Waals surface area contributed by atoms with Gasteiger partial charge in [-0.2, -0.15) is 0 Å². The summed E-state index contributed by atoms with van der Waals surface area (Å²) < 4.78 is 0. The van der Waals surface area contributed by atoms with Crippen LogP contribution in [-0.2, 0) is 0 Å². The van der Waals surface area contributed by atoms with Gasteiger partial charge in [0.05, 0.1) is 11.7 Å². The van der Waals surface area contributed by atoms with Gasteiger partial charge in [0.15, 0.2) is 0 Å². The van der Waals surface area contributed by atoms with E-state index in [9.17, 15) is 0 Å². The topological polar surface area (TPSA) is 25.2 Å². The molecule has 0 saturated heterocycles. The summed E-state index contributed by atoms with van der Waals surface area (Å²) in [6.07, 6.45) is 1.89. The van der Waals surface area contributed by atoms with Crippen molar-refractivity contribution in [2.45, 2.75) is 19.9 Å². The Labute approximate surface area is 82.5 Å². The minimum Gasteiger partial charge on any atom is -0.272 e. The summed E-state index contributed by atoms with van der Waals surface area (Å²) in [5.41, 5.74) is 2.21. The second-order valence-electron chi connectivity index (χ2n) is 3.32. The van der Waals surface area contributed by atoms with Crippen LogP contribution in [0.5, 0.6) is 0 Å². The highest BCUT2D eigenvalue weighted by molar-refractivity contribution is 8.14. The van der Waals surface area contributed by atoms with E-state index in [-0.39, 0.29) is 0 Å². The van der Waals surface area contributed by atoms with Gasteiger partial charge in [-0.3, -0.25) is 9.98 Å². The average molecular weight is 192 g/mol. The SMILES string of the molecule is Cc1ccc(C2=N[C@H](C)CS2)nc1. The van der Waals surface area contributed by atoms with Gasteiger partial charge in [0.25, 0.3) is 0 Å². The molecular formula is C10H12N2S. The van der Waals surface area contributed by atoms with E-state index in [1.807, 2.05) is 19.2 Å². The summed E-state index contributed by atoms with van der Waals surface area (Å²) >= 11 is 1.80. The Morgan fingerprint density at radius 1 is 1.46 bits per heavy atom. The highest BCUT2D eigenvalue weighted by atomic mass is 32.2. The van der Waals surface area contributed by atoms with Gasteiger partial charge in [-0.15, -0.1) is 11.8 Å². The largest absolute Gasteiger partial charge is 0.272 e. The molecule has 13 heavy (non-hydrogen) atoms. The van der Waals surface area contributed by atoms with E-state index in [1.165, 1.54) is 5.56 Å². The molecule has 0 spiro atoms. The van der Waals surface area contributed by atoms with Crippen molar-refractivity contribution >= 4 is 16.8 Å². The second kappa shape index (κ2) is 3.50. The third kappa shape index (κ3) is 1.91. The summed E-state index contributed by atoms with van der Waals surface area (Å²) in [6, 6.07) is 4.57. The molecule has 3 heteroatoms. The maximum absolute atomic E-state index is 4.51. The monoisotopic (exact) mass is 192 g/mol. The van der Waals surface area contributed by atoms with Crippen LogP contribution in [0.1, 0.15) is 18.2 Å². The molecule has 1 atom stereocenters. The summed E-state index contributed by atoms with van der Waals surface area (Å²) in [5.74, 6) is 1.09. The molecule has 0 aliphatic carbocycles. The smallest absolute Gasteiger partial charge is 0.117 e. The predicted molar refractivity (Wildman–Crippen MR) is 57.4 cm³/mol. The van der Waals surface area contributed by atoms with E-state index in [2.05, 4.69) is 23.0 Å². The number of aromatic nitrogens is 1. The molecule has 1 aromatic heterocycles. The molecule has 0 aromatic carbocycles. The number of hydrogen-bond donors (Lipinski definition) is 0. The van der Waals surface area contributed by atoms with Gasteiger partial charge in [-0.25, -0.2) is 0 Å². The lowest BCUT2D eigenvalue weighted by Crippen LogP contribution is -1.96. The van der Waals surface area contributed by atoms with Crippen LogP contribution < -0.4 is 0 Å². The Bertz CT molecular complexity index is 329. The highest BCUT2D eigenvalue weighted by Gasteiger charge is 2.15. The van der Waals surface area contributed by atoms with Crippen molar-refractivity contribution < 1.29 is 0 Å². The number of rotatable bonds is 1. The zero-order chi connectivity index (χ0) is 9.26. The van der Waals surface area contributed by atoms with Gasteiger partial charge >= 0.3 is 0 Å². The lowest BCUT2D eigenvalue weighted by molar-refractivity contribution is 0.865. The Morgan fingerprint density at radius 2 is 2.31 bits per heavy atom. The number of aliphatic imine (C=N–C) groups is 1. The summed E-state index contributed by atoms with van der Waals surface area (Å²) in [4.78, 5) is 8.85. The van der Waals surface area contributed by atoms with Crippen LogP contribution in [0.15, 0.2) is 23.3 Å². The molecule has 2 rings (SSSR count). The highest BCUT2D eigenvalue weighted by Crippen LogP contribution is 2.21. The molecule has 0 bridgehead atoms. The molecule has 0 saturated carbocycles. The zero-order valence-electron chi connectivity index (χ0n) is 7.82. The first kappa shape index (κ1) is 8.75. The van der Waals surface area contributed by atoms with Crippen molar-refractivity contribution in [3.8, 4) is 0 Å². The van der Waals surface area contributed by atoms with Crippen molar-refractivity contribution in [2.24, 2.45) is 4.99 Å². The summed E-state index contributed by atoms with van der Waals surface area (Å²) in [6.45, 7) is 4.18. The predicted octanol–water partition coefficient (Wildman–Crippen LogP) is 2.27. The standard InChI is InChI=1S/C10H12N2S/c1-7-3-4-9(11-5-7)10-12-8(2)6-13-10/h3-5,8H,6H2,1-2H3/t8-/m1/s1. The molecule has 2 heterocycles. The van der Waals surface area contributed by atoms with Crippen LogP contribution in [-0.4, -0.2) is 21.8 Å². The molecule has 2 nitrogen and oxygen atoms in total. The number of aryl methyl sites for hydroxylation is 1. The summed E-state index contributed by atoms with van der Waals surface area (Å²) in [5, 5.41) is 1.09. The van der Waals surface area contributed by atoms with Crippen LogP contribution in [0.3, 0.4) is 0 Å². The van der Waals surface area contributed by atoms with Gasteiger partial charge < -0.3 is 0 Å². The number of pyridine rings is 1. The van der Waals surface area contributed by atoms with Gasteiger partial charge in [0.2, 0.25) is 0 Å². The first-order valence-electron chi connectivity index (χ1n) is 4.39. The van der Waals surface area contributed by atoms with E-state index in [0.717, 1.165) is 16.5 Å². The van der Waals surface area contributed by atoms with Gasteiger partial charge in [0, 0.05) is 11.9 Å². The molecule has 1 aliphatic heterocycles. The van der Waals surface area contributed by atoms with Crippen LogP contribution in [0.4, 0.5) is 0 Å². The molecule has 0 amide bonds. The first-order valence-corrected chi connectivity index (χ1v) is 5.38. The number of thioether (sulfide) groups is 1. The van der Waals surface area contributed by atoms with E-state index in [4.69, 9.17) is 0 Å². The quantitative estimate of drug-likeness (QED) is 0.682. The third-order valence-corrected chi connectivity index (χ3v) is 3.17. The Balaban J connectivity index is 2.26. The number of nitrogens with zero attached hydrogens (tertiary/aromatic N) is 2. The minimum absolute atomic E-state index is 0.447. The zero-order valence-corrected chi connectivity index (χ0v) is 8.64. The lowest BCUT2D eigenvalue weighted by atomic mass is 10.3. The molecule has 1 aromatic rings. The van der Waals surface area contributed by atoms with Gasteiger partial charge in [0.1, 0.15) is 5.04 Å². The lowest BCUT2D eigenvalue weighted by Gasteiger charge is -1.98. The molecule has 68 valence electrons. The fourth-order valence-electron chi connectivity index (χ4n) is 1.21. The van der Waals surface area contributed by atoms with Crippen molar-refractivity contribution in [2.75, 3.05) is 5.75 Å². The van der Waals surface area contributed by atoms with Crippen LogP contribution in [0.25, 0.3) is 0 Å². The fourth-order valence-corrected chi connectivity index (χ4v) is 2.21. The summed E-state index contributed by atoms with van der Waals surface area (Å²) in [7, 11) is 0. The van der Waals surface area contributed by atoms with Crippen molar-refractivity contribution in [3.05, 3.63) is 29.6 Å². The molecule has 0 radical (unpaired) electrons. The minimum atomic E-state index is 0.447. The molecule has 1 aliphatic rings. The molecule has 0 N–H and O–H groups in total. The molecular weight excluding hydrogens is 180 g/mol. The third-order valence-electron chi connectivity index (χ3n) is 1.93. The number of hydrogen-bond acceptors (Lipinski definition) is 3. The van der Waals surface area contributed by atoms with Crippen molar-refractivity contribution in [1.29, 1.82) is 0 Å². The van der Waals surface area contributed by atoms with Crippen LogP contribution in [0.2, 0.25) is 0 Å². The Morgan fingerprint density at radius 3 is 2.85 bits per heavy atom. The normalized spacial score (nSPS) is 21.7. The van der Waals surface area contributed by atoms with Gasteiger partial charge in [-0.1, -0.05) is 6.07 Å². The first-order chi connectivity index (χ1) is 6.25. The maximum Gasteiger partial charge on any atom is 0.117 e. The second-order valence-corrected chi connectivity index (χ2v) is 4.32. The van der Waals surface area contributed by atoms with Crippen LogP contribution >= 0.6 is 11.8 Å². The molecule has 0 fully saturated rings. The Hall–Kier alpha value is -0.830. The fraction of sp³-hybridized carbons (Fsp3) is 0.400. The van der Waals surface area contributed by atoms with Crippen molar-refractivity contribution in [3.63, 3.8) is 0 Å². The van der Waals surface area contributed by atoms with Gasteiger partial charge in [-0.05, 0) is 25.5 Å². The van der Waals surface area contributed by atoms with Crippen molar-refractivity contribution in [1.82, 2.24) is 4.98 Å². The van der Waals surface area contributed by atoms with E-state index in [0.29, 0.717) is 6.04 Å².